The van der Waals surface area contributed by atoms with Crippen LogP contribution in [0.3, 0.4) is 0 Å². The normalized spacial score (nSPS) is 11.6. The first-order valence-corrected chi connectivity index (χ1v) is 14.8. The van der Waals surface area contributed by atoms with Crippen LogP contribution in [-0.2, 0) is 23.0 Å². The quantitative estimate of drug-likeness (QED) is 0.217. The molecule has 206 valence electrons. The summed E-state index contributed by atoms with van der Waals surface area (Å²) in [6.07, 6.45) is 2.62. The summed E-state index contributed by atoms with van der Waals surface area (Å²) >= 11 is 6.06. The lowest BCUT2D eigenvalue weighted by molar-refractivity contribution is 0.305. The molecule has 5 aromatic rings. The number of sulfone groups is 1. The number of halogens is 2. The number of rotatable bonds is 10. The molecular weight excluding hydrogens is 555 g/mol. The van der Waals surface area contributed by atoms with Crippen LogP contribution in [0.2, 0.25) is 5.02 Å². The Morgan fingerprint density at radius 2 is 1.88 bits per heavy atom. The molecule has 0 unspecified atom stereocenters. The molecule has 0 atom stereocenters. The number of fused-ring (bicyclic) bond motifs is 1. The average molecular weight is 581 g/mol. The van der Waals surface area contributed by atoms with Crippen molar-refractivity contribution in [3.8, 4) is 17.1 Å². The molecule has 0 saturated carbocycles. The van der Waals surface area contributed by atoms with E-state index in [9.17, 15) is 12.8 Å². The topological polar surface area (TPSA) is 112 Å². The van der Waals surface area contributed by atoms with E-state index in [1.54, 1.807) is 30.3 Å². The molecule has 0 radical (unpaired) electrons. The van der Waals surface area contributed by atoms with Crippen molar-refractivity contribution in [1.82, 2.24) is 9.97 Å². The van der Waals surface area contributed by atoms with Crippen molar-refractivity contribution in [1.29, 1.82) is 0 Å². The third kappa shape index (κ3) is 6.52. The molecule has 2 heterocycles. The van der Waals surface area contributed by atoms with E-state index in [1.807, 2.05) is 41.3 Å². The van der Waals surface area contributed by atoms with Crippen molar-refractivity contribution < 1.29 is 22.0 Å². The summed E-state index contributed by atoms with van der Waals surface area (Å²) in [4.78, 5) is 10.2. The molecule has 0 aliphatic heterocycles. The number of anilines is 2. The van der Waals surface area contributed by atoms with E-state index >= 15 is 0 Å². The second kappa shape index (κ2) is 11.5. The SMILES string of the molecule is CS(=O)(=O)CCN(Cc1ccc(-c2ccc3ncnc(N)c3c2)o1)c1cccc(OCc2cccc(F)c2Cl)c1. The number of benzene rings is 3. The van der Waals surface area contributed by atoms with Gasteiger partial charge < -0.3 is 19.8 Å². The molecule has 0 saturated heterocycles. The number of hydrogen-bond donors (Lipinski definition) is 1. The van der Waals surface area contributed by atoms with Crippen molar-refractivity contribution in [2.75, 3.05) is 29.2 Å². The van der Waals surface area contributed by atoms with Crippen molar-refractivity contribution in [3.05, 3.63) is 101 Å². The van der Waals surface area contributed by atoms with Gasteiger partial charge in [0.05, 0.1) is 22.8 Å². The first-order chi connectivity index (χ1) is 19.2. The first kappa shape index (κ1) is 27.4. The van der Waals surface area contributed by atoms with Crippen LogP contribution < -0.4 is 15.4 Å². The van der Waals surface area contributed by atoms with E-state index in [1.165, 1.54) is 18.6 Å². The molecule has 0 fully saturated rings. The van der Waals surface area contributed by atoms with E-state index < -0.39 is 15.7 Å². The Labute approximate surface area is 236 Å². The zero-order chi connectivity index (χ0) is 28.3. The number of furan rings is 1. The molecule has 0 bridgehead atoms. The maximum atomic E-state index is 13.8. The third-order valence-corrected chi connectivity index (χ3v) is 7.65. The fraction of sp³-hybridized carbons (Fsp3) is 0.172. The monoisotopic (exact) mass is 580 g/mol. The molecule has 2 N–H and O–H groups in total. The van der Waals surface area contributed by atoms with Gasteiger partial charge in [0.2, 0.25) is 0 Å². The van der Waals surface area contributed by atoms with Gasteiger partial charge in [-0.05, 0) is 48.5 Å². The molecule has 11 heteroatoms. The number of aromatic nitrogens is 2. The molecule has 0 aliphatic carbocycles. The molecule has 0 spiro atoms. The molecular formula is C29H26ClFN4O4S. The minimum absolute atomic E-state index is 0.0173. The van der Waals surface area contributed by atoms with E-state index in [-0.39, 0.29) is 23.9 Å². The van der Waals surface area contributed by atoms with Gasteiger partial charge in [-0.25, -0.2) is 22.8 Å². The van der Waals surface area contributed by atoms with E-state index in [2.05, 4.69) is 9.97 Å². The predicted octanol–water partition coefficient (Wildman–Crippen LogP) is 5.89. The fourth-order valence-electron chi connectivity index (χ4n) is 4.20. The smallest absolute Gasteiger partial charge is 0.149 e. The van der Waals surface area contributed by atoms with Crippen molar-refractivity contribution in [2.45, 2.75) is 13.2 Å². The first-order valence-electron chi connectivity index (χ1n) is 12.3. The molecule has 2 aromatic heterocycles. The van der Waals surface area contributed by atoms with Gasteiger partial charge in [0.25, 0.3) is 0 Å². The predicted molar refractivity (Wildman–Crippen MR) is 155 cm³/mol. The Morgan fingerprint density at radius 1 is 1.05 bits per heavy atom. The van der Waals surface area contributed by atoms with Gasteiger partial charge in [-0.2, -0.15) is 0 Å². The molecule has 5 rings (SSSR count). The van der Waals surface area contributed by atoms with Gasteiger partial charge in [-0.15, -0.1) is 0 Å². The third-order valence-electron chi connectivity index (χ3n) is 6.30. The zero-order valence-electron chi connectivity index (χ0n) is 21.6. The van der Waals surface area contributed by atoms with Crippen LogP contribution in [0.1, 0.15) is 11.3 Å². The van der Waals surface area contributed by atoms with Crippen LogP contribution in [0, 0.1) is 5.82 Å². The number of nitrogens with zero attached hydrogens (tertiary/aromatic N) is 3. The molecule has 0 aliphatic rings. The summed E-state index contributed by atoms with van der Waals surface area (Å²) in [5.74, 6) is 1.62. The standard InChI is InChI=1S/C29H26ClFN4O4S/c1-40(36,37)13-12-35(21-5-3-6-22(15-21)38-17-20-4-2-7-25(31)28(20)30)16-23-9-11-27(39-23)19-8-10-26-24(14-19)29(32)34-18-33-26/h2-11,14-15,18H,12-13,16-17H2,1H3,(H2,32,33,34). The molecule has 8 nitrogen and oxygen atoms in total. The fourth-order valence-corrected chi connectivity index (χ4v) is 4.94. The Hall–Kier alpha value is -4.15. The Morgan fingerprint density at radius 3 is 2.70 bits per heavy atom. The summed E-state index contributed by atoms with van der Waals surface area (Å²) in [5.41, 5.74) is 8.82. The summed E-state index contributed by atoms with van der Waals surface area (Å²) in [7, 11) is -3.22. The minimum Gasteiger partial charge on any atom is -0.489 e. The number of hydrogen-bond acceptors (Lipinski definition) is 8. The lowest BCUT2D eigenvalue weighted by atomic mass is 10.1. The lowest BCUT2D eigenvalue weighted by Gasteiger charge is -2.24. The van der Waals surface area contributed by atoms with Crippen LogP contribution in [0.25, 0.3) is 22.2 Å². The molecule has 40 heavy (non-hydrogen) atoms. The van der Waals surface area contributed by atoms with Crippen LogP contribution >= 0.6 is 11.6 Å². The van der Waals surface area contributed by atoms with Gasteiger partial charge in [0.15, 0.2) is 0 Å². The van der Waals surface area contributed by atoms with E-state index in [4.69, 9.17) is 26.5 Å². The second-order valence-electron chi connectivity index (χ2n) is 9.31. The summed E-state index contributed by atoms with van der Waals surface area (Å²) in [5, 5.41) is 0.743. The van der Waals surface area contributed by atoms with Gasteiger partial charge in [0, 0.05) is 41.1 Å². The Bertz CT molecular complexity index is 1780. The largest absolute Gasteiger partial charge is 0.489 e. The van der Waals surface area contributed by atoms with Gasteiger partial charge >= 0.3 is 0 Å². The highest BCUT2D eigenvalue weighted by molar-refractivity contribution is 7.90. The lowest BCUT2D eigenvalue weighted by Crippen LogP contribution is -2.28. The van der Waals surface area contributed by atoms with Gasteiger partial charge in [0.1, 0.15) is 51.7 Å². The van der Waals surface area contributed by atoms with Crippen LogP contribution in [0.15, 0.2) is 83.5 Å². The zero-order valence-corrected chi connectivity index (χ0v) is 23.1. The summed E-state index contributed by atoms with van der Waals surface area (Å²) in [6.45, 7) is 0.623. The van der Waals surface area contributed by atoms with E-state index in [0.717, 1.165) is 22.2 Å². The Balaban J connectivity index is 1.37. The summed E-state index contributed by atoms with van der Waals surface area (Å²) in [6, 6.07) is 21.1. The van der Waals surface area contributed by atoms with Gasteiger partial charge in [-0.3, -0.25) is 0 Å². The summed E-state index contributed by atoms with van der Waals surface area (Å²) < 4.78 is 49.8. The highest BCUT2D eigenvalue weighted by atomic mass is 35.5. The van der Waals surface area contributed by atoms with Crippen LogP contribution in [0.4, 0.5) is 15.9 Å². The Kier molecular flexibility index (Phi) is 7.90. The highest BCUT2D eigenvalue weighted by Crippen LogP contribution is 2.30. The van der Waals surface area contributed by atoms with Crippen LogP contribution in [0.5, 0.6) is 5.75 Å². The molecule has 3 aromatic carbocycles. The molecule has 0 amide bonds. The second-order valence-corrected chi connectivity index (χ2v) is 11.9. The van der Waals surface area contributed by atoms with Crippen molar-refractivity contribution >= 4 is 43.8 Å². The number of nitrogens with two attached hydrogens (primary N) is 1. The number of ether oxygens (including phenoxy) is 1. The van der Waals surface area contributed by atoms with Crippen LogP contribution in [-0.4, -0.2) is 36.9 Å². The minimum atomic E-state index is -3.22. The van der Waals surface area contributed by atoms with Gasteiger partial charge in [-0.1, -0.05) is 29.8 Å². The highest BCUT2D eigenvalue weighted by Gasteiger charge is 2.16. The number of nitrogen functional groups attached to an aromatic ring is 1. The van der Waals surface area contributed by atoms with Crippen molar-refractivity contribution in [3.63, 3.8) is 0 Å². The maximum Gasteiger partial charge on any atom is 0.149 e. The maximum absolute atomic E-state index is 13.8. The van der Waals surface area contributed by atoms with Crippen molar-refractivity contribution in [2.24, 2.45) is 0 Å². The average Bonchev–Trinajstić information content (AvgIpc) is 3.40. The van der Waals surface area contributed by atoms with E-state index in [0.29, 0.717) is 35.2 Å².